The third-order valence-electron chi connectivity index (χ3n) is 24.5. The zero-order valence-electron chi connectivity index (χ0n) is 52.0. The lowest BCUT2D eigenvalue weighted by molar-refractivity contribution is 0.106. The average molecular weight is 1070 g/mol. The largest absolute Gasteiger partial charge is 0.333 e. The summed E-state index contributed by atoms with van der Waals surface area (Å²) in [7, 11) is 0. The summed E-state index contributed by atoms with van der Waals surface area (Å²) in [5, 5.41) is 0. The maximum atomic E-state index is 3.05. The van der Waals surface area contributed by atoms with Gasteiger partial charge in [0, 0.05) is 43.5 Å². The lowest BCUT2D eigenvalue weighted by atomic mass is 9.33. The van der Waals surface area contributed by atoms with Crippen LogP contribution in [0.1, 0.15) is 233 Å². The highest BCUT2D eigenvalue weighted by atomic mass is 32.1. The van der Waals surface area contributed by atoms with Crippen LogP contribution in [0.4, 0.5) is 22.7 Å². The van der Waals surface area contributed by atoms with E-state index in [2.05, 4.69) is 231 Å². The maximum Gasteiger partial charge on any atom is 0.259 e. The van der Waals surface area contributed by atoms with Gasteiger partial charge < -0.3 is 9.80 Å². The van der Waals surface area contributed by atoms with Crippen molar-refractivity contribution in [2.75, 3.05) is 9.80 Å². The molecule has 2 fully saturated rings. The number of allylic oxidation sites excluding steroid dienone is 2. The zero-order chi connectivity index (χ0) is 55.9. The van der Waals surface area contributed by atoms with Gasteiger partial charge in [0.25, 0.3) is 6.71 Å². The molecule has 0 spiro atoms. The van der Waals surface area contributed by atoms with Gasteiger partial charge in [0.1, 0.15) is 0 Å². The molecule has 4 heteroatoms. The van der Waals surface area contributed by atoms with Crippen LogP contribution in [0.15, 0.2) is 101 Å². The second-order valence-corrected chi connectivity index (χ2v) is 34.0. The van der Waals surface area contributed by atoms with E-state index in [1.54, 1.807) is 48.5 Å². The standard InChI is InChI=1S/C75H93BN2S/c1-44-50-25-22-28-74(50,17)75(18)43-63-49(39-52(44)75)65-66(79-63)76-58-40-55-57(73(15,16)34-32-71(55,11)12)42-60(58)77(47-26-27-51-53(37-47)69(7,8)30-29-68(51,5)6)61-35-46(67(2,3)4)36-62(64(61)76)78(65)59-41-56-54(70(9,10)31-33-72(56,13)14)38-48(59)45-23-20-19-21-24-45/h19-21,23-24,26-27,35,37-42,44,50,62H,22,25,28-34,36,43H2,1-18H3. The van der Waals surface area contributed by atoms with E-state index in [1.807, 2.05) is 0 Å². The minimum Gasteiger partial charge on any atom is -0.333 e. The van der Waals surface area contributed by atoms with Gasteiger partial charge in [-0.05, 0) is 211 Å². The van der Waals surface area contributed by atoms with Gasteiger partial charge in [0.15, 0.2) is 0 Å². The molecule has 7 aliphatic carbocycles. The minimum absolute atomic E-state index is 0.0445. The summed E-state index contributed by atoms with van der Waals surface area (Å²) in [6.07, 6.45) is 19.0. The van der Waals surface area contributed by atoms with Crippen LogP contribution >= 0.6 is 11.3 Å². The van der Waals surface area contributed by atoms with Crippen molar-refractivity contribution >= 4 is 57.1 Å². The number of nitrogens with zero attached hydrogens (tertiary/aromatic N) is 2. The van der Waals surface area contributed by atoms with Crippen molar-refractivity contribution in [3.63, 3.8) is 0 Å². The van der Waals surface area contributed by atoms with Crippen molar-refractivity contribution in [1.82, 2.24) is 0 Å². The predicted octanol–water partition coefficient (Wildman–Crippen LogP) is 19.3. The summed E-state index contributed by atoms with van der Waals surface area (Å²) in [5.41, 5.74) is 28.0. The summed E-state index contributed by atoms with van der Waals surface area (Å²) in [5.74, 6) is 1.34. The van der Waals surface area contributed by atoms with E-state index in [9.17, 15) is 0 Å². The highest BCUT2D eigenvalue weighted by Crippen LogP contribution is 2.71. The lowest BCUT2D eigenvalue weighted by Gasteiger charge is -2.53. The minimum atomic E-state index is -0.0514. The molecule has 5 aromatic rings. The molecule has 1 aromatic heterocycles. The fourth-order valence-corrected chi connectivity index (χ4v) is 20.4. The Labute approximate surface area is 482 Å². The Balaban J connectivity index is 1.14. The molecule has 5 unspecified atom stereocenters. The van der Waals surface area contributed by atoms with Gasteiger partial charge in [-0.25, -0.2) is 0 Å². The summed E-state index contributed by atoms with van der Waals surface area (Å²) in [4.78, 5) is 7.53. The fraction of sp³-hybridized carbons (Fsp3) is 0.547. The van der Waals surface area contributed by atoms with Crippen LogP contribution in [-0.2, 0) is 38.9 Å². The first-order chi connectivity index (χ1) is 36.9. The molecule has 5 atom stereocenters. The van der Waals surface area contributed by atoms with Gasteiger partial charge in [-0.1, -0.05) is 191 Å². The van der Waals surface area contributed by atoms with E-state index < -0.39 is 0 Å². The molecule has 2 aliphatic heterocycles. The molecule has 412 valence electrons. The number of thiophene rings is 1. The molecule has 0 bridgehead atoms. The summed E-state index contributed by atoms with van der Waals surface area (Å²) < 4.78 is 1.58. The lowest BCUT2D eigenvalue weighted by Crippen LogP contribution is -2.61. The topological polar surface area (TPSA) is 6.48 Å². The monoisotopic (exact) mass is 1060 g/mol. The van der Waals surface area contributed by atoms with Crippen molar-refractivity contribution in [1.29, 1.82) is 0 Å². The Morgan fingerprint density at radius 1 is 0.595 bits per heavy atom. The first-order valence-corrected chi connectivity index (χ1v) is 32.2. The molecule has 0 N–H and O–H groups in total. The summed E-state index contributed by atoms with van der Waals surface area (Å²) in [6.45, 7) is 46.0. The second-order valence-electron chi connectivity index (χ2n) is 32.9. The molecule has 0 radical (unpaired) electrons. The molecule has 9 aliphatic rings. The van der Waals surface area contributed by atoms with E-state index in [0.29, 0.717) is 11.3 Å². The van der Waals surface area contributed by atoms with Gasteiger partial charge in [0.2, 0.25) is 0 Å². The van der Waals surface area contributed by atoms with Crippen molar-refractivity contribution in [2.24, 2.45) is 28.1 Å². The van der Waals surface area contributed by atoms with E-state index in [1.165, 1.54) is 120 Å². The predicted molar refractivity (Wildman–Crippen MR) is 342 cm³/mol. The van der Waals surface area contributed by atoms with Crippen molar-refractivity contribution in [3.05, 3.63) is 145 Å². The molecular weight excluding hydrogens is 972 g/mol. The Bertz CT molecular complexity index is 3560. The summed E-state index contributed by atoms with van der Waals surface area (Å²) in [6, 6.07) is 30.5. The van der Waals surface area contributed by atoms with E-state index >= 15 is 0 Å². The number of hydrogen-bond donors (Lipinski definition) is 0. The van der Waals surface area contributed by atoms with Crippen molar-refractivity contribution in [3.8, 4) is 11.1 Å². The SMILES string of the molecule is CC1C2=Cc3c(sc4c3N(c3cc5c(cc3-c3ccccc3)C(C)(C)CCC5(C)C)C3CC(C(C)(C)C)=CC5=C3B4c3cc4c(cc3N5c3ccc5c(c3)C(C)(C)CCC5(C)C)C(C)(C)CCC4(C)C)CC2(C)C2(C)CCCC12. The smallest absolute Gasteiger partial charge is 0.259 e. The highest BCUT2D eigenvalue weighted by Gasteiger charge is 2.64. The number of fused-ring (bicyclic) bond motifs is 12. The third-order valence-corrected chi connectivity index (χ3v) is 25.8. The number of benzene rings is 4. The van der Waals surface area contributed by atoms with Gasteiger partial charge >= 0.3 is 0 Å². The first-order valence-electron chi connectivity index (χ1n) is 31.4. The van der Waals surface area contributed by atoms with E-state index in [4.69, 9.17) is 0 Å². The number of rotatable bonds is 3. The highest BCUT2D eigenvalue weighted by molar-refractivity contribution is 7.28. The fourth-order valence-electron chi connectivity index (χ4n) is 18.8. The molecule has 4 aromatic carbocycles. The first kappa shape index (κ1) is 52.5. The van der Waals surface area contributed by atoms with Crippen LogP contribution in [0.5, 0.6) is 0 Å². The van der Waals surface area contributed by atoms with Gasteiger partial charge in [-0.2, -0.15) is 11.3 Å². The molecular formula is C75H93BN2S. The molecule has 2 nitrogen and oxygen atoms in total. The van der Waals surface area contributed by atoms with Crippen molar-refractivity contribution in [2.45, 2.75) is 234 Å². The van der Waals surface area contributed by atoms with E-state index in [0.717, 1.165) is 18.8 Å². The van der Waals surface area contributed by atoms with E-state index in [-0.39, 0.29) is 56.1 Å². The van der Waals surface area contributed by atoms with Gasteiger partial charge in [-0.15, -0.1) is 0 Å². The molecule has 79 heavy (non-hydrogen) atoms. The quantitative estimate of drug-likeness (QED) is 0.166. The van der Waals surface area contributed by atoms with Gasteiger partial charge in [0.05, 0.1) is 11.7 Å². The third kappa shape index (κ3) is 7.19. The van der Waals surface area contributed by atoms with Crippen LogP contribution in [0.3, 0.4) is 0 Å². The normalized spacial score (nSPS) is 29.4. The van der Waals surface area contributed by atoms with Crippen LogP contribution in [0.2, 0.25) is 0 Å². The number of hydrogen-bond acceptors (Lipinski definition) is 3. The Morgan fingerprint density at radius 2 is 1.15 bits per heavy atom. The number of anilines is 4. The molecule has 2 saturated carbocycles. The summed E-state index contributed by atoms with van der Waals surface area (Å²) >= 11 is 2.23. The Hall–Kier alpha value is -4.54. The zero-order valence-corrected chi connectivity index (χ0v) is 52.8. The molecule has 0 amide bonds. The van der Waals surface area contributed by atoms with Crippen LogP contribution in [-0.4, -0.2) is 12.8 Å². The maximum absolute atomic E-state index is 3.05. The molecule has 0 saturated heterocycles. The average Bonchev–Trinajstić information content (AvgIpc) is 2.32. The van der Waals surface area contributed by atoms with Crippen molar-refractivity contribution < 1.29 is 0 Å². The Morgan fingerprint density at radius 3 is 1.76 bits per heavy atom. The van der Waals surface area contributed by atoms with Crippen LogP contribution in [0, 0.1) is 28.1 Å². The molecule has 3 heterocycles. The second kappa shape index (κ2) is 16.4. The Kier molecular flexibility index (Phi) is 10.9. The molecule has 14 rings (SSSR count). The van der Waals surface area contributed by atoms with Gasteiger partial charge in [-0.3, -0.25) is 0 Å². The van der Waals surface area contributed by atoms with Crippen LogP contribution < -0.4 is 20.0 Å². The van der Waals surface area contributed by atoms with Crippen LogP contribution in [0.25, 0.3) is 17.2 Å².